The summed E-state index contributed by atoms with van der Waals surface area (Å²) in [4.78, 5) is 19.3. The third-order valence-corrected chi connectivity index (χ3v) is 5.27. The van der Waals surface area contributed by atoms with Gasteiger partial charge in [0.05, 0.1) is 19.6 Å². The van der Waals surface area contributed by atoms with Crippen LogP contribution in [0.5, 0.6) is 11.5 Å². The number of piperidine rings is 1. The van der Waals surface area contributed by atoms with E-state index >= 15 is 0 Å². The van der Waals surface area contributed by atoms with Crippen molar-refractivity contribution in [2.75, 3.05) is 13.7 Å². The summed E-state index contributed by atoms with van der Waals surface area (Å²) >= 11 is 0. The summed E-state index contributed by atoms with van der Waals surface area (Å²) in [5.74, 6) is 1.72. The minimum Gasteiger partial charge on any atom is -0.497 e. The highest BCUT2D eigenvalue weighted by Gasteiger charge is 2.31. The summed E-state index contributed by atoms with van der Waals surface area (Å²) in [7, 11) is 1.61. The van der Waals surface area contributed by atoms with Crippen LogP contribution in [-0.4, -0.2) is 34.6 Å². The second-order valence-corrected chi connectivity index (χ2v) is 7.42. The van der Waals surface area contributed by atoms with E-state index in [1.165, 1.54) is 24.3 Å². The summed E-state index contributed by atoms with van der Waals surface area (Å²) in [6.07, 6.45) is 3.00. The number of amides is 1. The largest absolute Gasteiger partial charge is 0.497 e. The van der Waals surface area contributed by atoms with Gasteiger partial charge in [-0.05, 0) is 61.2 Å². The average Bonchev–Trinajstić information content (AvgIpc) is 3.28. The Morgan fingerprint density at radius 1 is 1.19 bits per heavy atom. The van der Waals surface area contributed by atoms with E-state index in [1.54, 1.807) is 7.11 Å². The van der Waals surface area contributed by atoms with E-state index in [9.17, 15) is 9.18 Å². The van der Waals surface area contributed by atoms with Crippen LogP contribution in [-0.2, 0) is 17.8 Å². The molecule has 0 N–H and O–H groups in total. The van der Waals surface area contributed by atoms with Gasteiger partial charge in [0.25, 0.3) is 5.89 Å². The molecule has 1 aliphatic heterocycles. The molecule has 1 saturated heterocycles. The Labute approximate surface area is 179 Å². The van der Waals surface area contributed by atoms with E-state index in [0.717, 1.165) is 30.6 Å². The van der Waals surface area contributed by atoms with Crippen molar-refractivity contribution in [1.29, 1.82) is 0 Å². The van der Waals surface area contributed by atoms with Gasteiger partial charge in [-0.3, -0.25) is 4.79 Å². The first-order valence-corrected chi connectivity index (χ1v) is 10.3. The first-order valence-electron chi connectivity index (χ1n) is 10.3. The third-order valence-electron chi connectivity index (χ3n) is 5.27. The molecule has 162 valence electrons. The molecule has 1 unspecified atom stereocenters. The molecule has 1 aliphatic rings. The summed E-state index contributed by atoms with van der Waals surface area (Å²) in [6, 6.07) is 13.0. The van der Waals surface area contributed by atoms with E-state index in [2.05, 4.69) is 10.1 Å². The summed E-state index contributed by atoms with van der Waals surface area (Å²) in [5, 5.41) is 4.09. The summed E-state index contributed by atoms with van der Waals surface area (Å²) in [5.41, 5.74) is 0.898. The van der Waals surface area contributed by atoms with Gasteiger partial charge >= 0.3 is 0 Å². The summed E-state index contributed by atoms with van der Waals surface area (Å²) < 4.78 is 29.1. The Morgan fingerprint density at radius 3 is 2.84 bits per heavy atom. The predicted octanol–water partition coefficient (Wildman–Crippen LogP) is 4.09. The van der Waals surface area contributed by atoms with Crippen LogP contribution >= 0.6 is 0 Å². The molecule has 8 heteroatoms. The zero-order valence-corrected chi connectivity index (χ0v) is 17.3. The molecule has 0 spiro atoms. The quantitative estimate of drug-likeness (QED) is 0.567. The molecule has 31 heavy (non-hydrogen) atoms. The average molecular weight is 425 g/mol. The maximum atomic E-state index is 13.0. The molecule has 2 heterocycles. The van der Waals surface area contributed by atoms with E-state index in [-0.39, 0.29) is 30.8 Å². The van der Waals surface area contributed by atoms with Crippen molar-refractivity contribution >= 4 is 5.91 Å². The molecule has 3 aromatic rings. The lowest BCUT2D eigenvalue weighted by Gasteiger charge is -2.34. The Morgan fingerprint density at radius 2 is 2.03 bits per heavy atom. The number of hydrogen-bond acceptors (Lipinski definition) is 6. The number of ether oxygens (including phenoxy) is 2. The number of nitrogens with zero attached hydrogens (tertiary/aromatic N) is 3. The molecule has 0 radical (unpaired) electrons. The second-order valence-electron chi connectivity index (χ2n) is 7.42. The van der Waals surface area contributed by atoms with Gasteiger partial charge in [-0.15, -0.1) is 0 Å². The molecule has 2 aromatic carbocycles. The van der Waals surface area contributed by atoms with Crippen molar-refractivity contribution < 1.29 is 23.2 Å². The lowest BCUT2D eigenvalue weighted by atomic mass is 10.00. The van der Waals surface area contributed by atoms with Crippen LogP contribution in [0.25, 0.3) is 0 Å². The van der Waals surface area contributed by atoms with E-state index in [0.29, 0.717) is 24.0 Å². The Bertz CT molecular complexity index is 1020. The number of halogens is 1. The molecule has 7 nitrogen and oxygen atoms in total. The first kappa shape index (κ1) is 20.8. The minimum atomic E-state index is -0.330. The van der Waals surface area contributed by atoms with E-state index < -0.39 is 0 Å². The van der Waals surface area contributed by atoms with E-state index in [4.69, 9.17) is 14.0 Å². The molecule has 1 aromatic heterocycles. The van der Waals surface area contributed by atoms with Crippen LogP contribution in [0.2, 0.25) is 0 Å². The van der Waals surface area contributed by atoms with Crippen LogP contribution in [0.3, 0.4) is 0 Å². The normalized spacial score (nSPS) is 16.2. The highest BCUT2D eigenvalue weighted by atomic mass is 19.1. The predicted molar refractivity (Wildman–Crippen MR) is 110 cm³/mol. The van der Waals surface area contributed by atoms with Gasteiger partial charge in [-0.1, -0.05) is 17.3 Å². The number of rotatable bonds is 7. The summed E-state index contributed by atoms with van der Waals surface area (Å²) in [6.45, 7) is 0.729. The zero-order chi connectivity index (χ0) is 21.6. The smallest absolute Gasteiger partial charge is 0.264 e. The van der Waals surface area contributed by atoms with Gasteiger partial charge in [-0.25, -0.2) is 4.39 Å². The molecule has 1 fully saturated rings. The Hall–Kier alpha value is -3.42. The Kier molecular flexibility index (Phi) is 6.45. The SMILES string of the molecule is COc1cccc(CC(=O)N2CCCCC2c2noc(COc3ccc(F)cc3)n2)c1. The molecular weight excluding hydrogens is 401 g/mol. The van der Waals surface area contributed by atoms with Gasteiger partial charge in [0.2, 0.25) is 5.91 Å². The number of likely N-dealkylation sites (tertiary alicyclic amines) is 1. The van der Waals surface area contributed by atoms with Gasteiger partial charge < -0.3 is 18.9 Å². The molecule has 0 saturated carbocycles. The van der Waals surface area contributed by atoms with Crippen LogP contribution in [0.4, 0.5) is 4.39 Å². The monoisotopic (exact) mass is 425 g/mol. The Balaban J connectivity index is 1.42. The lowest BCUT2D eigenvalue weighted by Crippen LogP contribution is -2.39. The number of hydrogen-bond donors (Lipinski definition) is 0. The third kappa shape index (κ3) is 5.20. The van der Waals surface area contributed by atoms with Crippen LogP contribution in [0.15, 0.2) is 53.1 Å². The van der Waals surface area contributed by atoms with Crippen LogP contribution in [0.1, 0.15) is 42.6 Å². The van der Waals surface area contributed by atoms with Gasteiger partial charge in [0.15, 0.2) is 12.4 Å². The topological polar surface area (TPSA) is 77.7 Å². The van der Waals surface area contributed by atoms with Gasteiger partial charge in [-0.2, -0.15) is 4.98 Å². The van der Waals surface area contributed by atoms with E-state index in [1.807, 2.05) is 29.2 Å². The van der Waals surface area contributed by atoms with Gasteiger partial charge in [0, 0.05) is 6.54 Å². The number of carbonyl (C=O) groups is 1. The maximum absolute atomic E-state index is 13.0. The van der Waals surface area contributed by atoms with Crippen molar-refractivity contribution in [3.8, 4) is 11.5 Å². The minimum absolute atomic E-state index is 0.0202. The van der Waals surface area contributed by atoms with Crippen molar-refractivity contribution in [3.05, 3.63) is 71.6 Å². The molecular formula is C23H24FN3O4. The second kappa shape index (κ2) is 9.59. The number of methoxy groups -OCH3 is 1. The number of benzene rings is 2. The molecule has 0 bridgehead atoms. The van der Waals surface area contributed by atoms with Crippen LogP contribution < -0.4 is 9.47 Å². The van der Waals surface area contributed by atoms with Crippen molar-refractivity contribution in [2.24, 2.45) is 0 Å². The highest BCUT2D eigenvalue weighted by molar-refractivity contribution is 5.79. The van der Waals surface area contributed by atoms with Crippen molar-refractivity contribution in [1.82, 2.24) is 15.0 Å². The highest BCUT2D eigenvalue weighted by Crippen LogP contribution is 2.30. The van der Waals surface area contributed by atoms with Crippen molar-refractivity contribution in [3.63, 3.8) is 0 Å². The standard InChI is InChI=1S/C23H24FN3O4/c1-29-19-6-4-5-16(13-19)14-22(28)27-12-3-2-7-20(27)23-25-21(31-26-23)15-30-18-10-8-17(24)9-11-18/h4-6,8-11,13,20H,2-3,7,12,14-15H2,1H3. The number of aromatic nitrogens is 2. The fraction of sp³-hybridized carbons (Fsp3) is 0.348. The van der Waals surface area contributed by atoms with Crippen LogP contribution in [0, 0.1) is 5.82 Å². The first-order chi connectivity index (χ1) is 15.1. The molecule has 1 amide bonds. The zero-order valence-electron chi connectivity index (χ0n) is 17.3. The lowest BCUT2D eigenvalue weighted by molar-refractivity contribution is -0.134. The van der Waals surface area contributed by atoms with Gasteiger partial charge in [0.1, 0.15) is 17.3 Å². The fourth-order valence-electron chi connectivity index (χ4n) is 3.70. The number of carbonyl (C=O) groups excluding carboxylic acids is 1. The maximum Gasteiger partial charge on any atom is 0.264 e. The molecule has 4 rings (SSSR count). The molecule has 1 atom stereocenters. The molecule has 0 aliphatic carbocycles. The fourth-order valence-corrected chi connectivity index (χ4v) is 3.70. The van der Waals surface area contributed by atoms with Crippen molar-refractivity contribution in [2.45, 2.75) is 38.3 Å².